The Morgan fingerprint density at radius 2 is 1.72 bits per heavy atom. The smallest absolute Gasteiger partial charge is 0.293 e. The second-order valence-corrected chi connectivity index (χ2v) is 6.61. The summed E-state index contributed by atoms with van der Waals surface area (Å²) in [6.45, 7) is 0. The number of nitrogens with one attached hydrogen (secondary N) is 1. The van der Waals surface area contributed by atoms with Crippen LogP contribution in [-0.2, 0) is 6.42 Å². The summed E-state index contributed by atoms with van der Waals surface area (Å²) >= 11 is 0. The number of carbonyl (C=O) groups is 1. The van der Waals surface area contributed by atoms with Crippen molar-refractivity contribution in [1.29, 1.82) is 0 Å². The minimum atomic E-state index is -0.624. The molecule has 0 aliphatic heterocycles. The Morgan fingerprint density at radius 1 is 0.966 bits per heavy atom. The van der Waals surface area contributed by atoms with Gasteiger partial charge in [-0.2, -0.15) is 0 Å². The third-order valence-electron chi connectivity index (χ3n) is 4.73. The van der Waals surface area contributed by atoms with Crippen molar-refractivity contribution >= 4 is 28.3 Å². The first-order valence-electron chi connectivity index (χ1n) is 9.07. The number of hydroxylamine groups is 1. The molecule has 2 N–H and O–H groups in total. The maximum atomic E-state index is 11.3. The highest BCUT2D eigenvalue weighted by Crippen LogP contribution is 2.28. The van der Waals surface area contributed by atoms with Crippen LogP contribution in [0.1, 0.15) is 21.6 Å². The zero-order valence-corrected chi connectivity index (χ0v) is 15.8. The Bertz CT molecular complexity index is 1140. The summed E-state index contributed by atoms with van der Waals surface area (Å²) in [4.78, 5) is 26.2. The molecule has 4 aromatic rings. The molecule has 7 heteroatoms. The highest BCUT2D eigenvalue weighted by Gasteiger charge is 2.10. The monoisotopic (exact) mass is 385 g/mol. The Kier molecular flexibility index (Phi) is 5.13. The van der Waals surface area contributed by atoms with Crippen LogP contribution in [0.4, 0.5) is 11.5 Å². The molecule has 0 bridgehead atoms. The van der Waals surface area contributed by atoms with Crippen LogP contribution in [-0.4, -0.2) is 33.1 Å². The number of nitrogens with zero attached hydrogens (tertiary/aromatic N) is 4. The molecular formula is C22H19N5O2. The largest absolute Gasteiger partial charge is 0.329 e. The number of amides is 1. The maximum absolute atomic E-state index is 11.3. The standard InChI is InChI=1S/C22H19N5O2/c1-27(21-18-4-2-3-5-19(18)24-14-25-21)17-9-6-15(7-10-17)12-16-8-11-20(23-13-16)22(28)26-29/h2-11,13-14,29H,12H2,1H3,(H,26,28). The first kappa shape index (κ1) is 18.5. The lowest BCUT2D eigenvalue weighted by atomic mass is 10.1. The number of para-hydroxylation sites is 1. The average molecular weight is 385 g/mol. The van der Waals surface area contributed by atoms with Gasteiger partial charge in [0.2, 0.25) is 0 Å². The summed E-state index contributed by atoms with van der Waals surface area (Å²) < 4.78 is 0. The molecule has 0 radical (unpaired) electrons. The second kappa shape index (κ2) is 8.04. The average Bonchev–Trinajstić information content (AvgIpc) is 2.78. The van der Waals surface area contributed by atoms with Gasteiger partial charge in [0.1, 0.15) is 17.8 Å². The first-order valence-corrected chi connectivity index (χ1v) is 9.07. The van der Waals surface area contributed by atoms with Crippen LogP contribution in [0.25, 0.3) is 10.9 Å². The number of hydrogen-bond donors (Lipinski definition) is 2. The van der Waals surface area contributed by atoms with E-state index in [-0.39, 0.29) is 5.69 Å². The van der Waals surface area contributed by atoms with E-state index in [2.05, 4.69) is 27.1 Å². The van der Waals surface area contributed by atoms with Gasteiger partial charge in [-0.25, -0.2) is 15.4 Å². The highest BCUT2D eigenvalue weighted by atomic mass is 16.5. The summed E-state index contributed by atoms with van der Waals surface area (Å²) in [5.41, 5.74) is 5.77. The van der Waals surface area contributed by atoms with E-state index < -0.39 is 5.91 Å². The van der Waals surface area contributed by atoms with E-state index in [1.165, 1.54) is 0 Å². The summed E-state index contributed by atoms with van der Waals surface area (Å²) in [7, 11) is 1.98. The molecule has 2 aromatic heterocycles. The second-order valence-electron chi connectivity index (χ2n) is 6.61. The molecular weight excluding hydrogens is 366 g/mol. The van der Waals surface area contributed by atoms with Gasteiger partial charge in [-0.05, 0) is 47.9 Å². The molecule has 2 heterocycles. The van der Waals surface area contributed by atoms with Gasteiger partial charge in [0.05, 0.1) is 5.52 Å². The molecule has 144 valence electrons. The van der Waals surface area contributed by atoms with Crippen molar-refractivity contribution in [2.75, 3.05) is 11.9 Å². The van der Waals surface area contributed by atoms with Crippen LogP contribution in [0.2, 0.25) is 0 Å². The van der Waals surface area contributed by atoms with Crippen LogP contribution < -0.4 is 10.4 Å². The Morgan fingerprint density at radius 3 is 2.45 bits per heavy atom. The van der Waals surface area contributed by atoms with E-state index in [4.69, 9.17) is 5.21 Å². The maximum Gasteiger partial charge on any atom is 0.293 e. The van der Waals surface area contributed by atoms with Gasteiger partial charge in [-0.3, -0.25) is 15.0 Å². The Balaban J connectivity index is 1.52. The quantitative estimate of drug-likeness (QED) is 0.404. The Labute approximate surface area is 167 Å². The number of aromatic nitrogens is 3. The van der Waals surface area contributed by atoms with Crippen LogP contribution in [0.15, 0.2) is 73.2 Å². The summed E-state index contributed by atoms with van der Waals surface area (Å²) in [5, 5.41) is 9.65. The summed E-state index contributed by atoms with van der Waals surface area (Å²) in [6.07, 6.45) is 3.91. The van der Waals surface area contributed by atoms with Crippen molar-refractivity contribution in [2.24, 2.45) is 0 Å². The van der Waals surface area contributed by atoms with Gasteiger partial charge in [0.25, 0.3) is 5.91 Å². The lowest BCUT2D eigenvalue weighted by molar-refractivity contribution is 0.0700. The first-order chi connectivity index (χ1) is 14.2. The lowest BCUT2D eigenvalue weighted by Crippen LogP contribution is -2.19. The van der Waals surface area contributed by atoms with Gasteiger partial charge < -0.3 is 4.90 Å². The Hall–Kier alpha value is -3.84. The number of carbonyl (C=O) groups excluding carboxylic acids is 1. The molecule has 2 aromatic carbocycles. The molecule has 0 aliphatic rings. The lowest BCUT2D eigenvalue weighted by Gasteiger charge is -2.20. The molecule has 0 spiro atoms. The van der Waals surface area contributed by atoms with Gasteiger partial charge in [0, 0.05) is 24.3 Å². The van der Waals surface area contributed by atoms with E-state index in [1.807, 2.05) is 54.4 Å². The normalized spacial score (nSPS) is 10.7. The third kappa shape index (κ3) is 3.90. The number of rotatable bonds is 5. The molecule has 4 rings (SSSR count). The SMILES string of the molecule is CN(c1ccc(Cc2ccc(C(=O)NO)nc2)cc1)c1ncnc2ccccc12. The van der Waals surface area contributed by atoms with E-state index in [0.29, 0.717) is 6.42 Å². The van der Waals surface area contributed by atoms with E-state index in [9.17, 15) is 4.79 Å². The topological polar surface area (TPSA) is 91.2 Å². The van der Waals surface area contributed by atoms with Gasteiger partial charge in [-0.15, -0.1) is 0 Å². The van der Waals surface area contributed by atoms with Crippen molar-refractivity contribution in [3.05, 3.63) is 90.0 Å². The van der Waals surface area contributed by atoms with Gasteiger partial charge >= 0.3 is 0 Å². The van der Waals surface area contributed by atoms with Gasteiger partial charge in [0.15, 0.2) is 0 Å². The minimum absolute atomic E-state index is 0.172. The number of hydrogen-bond acceptors (Lipinski definition) is 6. The van der Waals surface area contributed by atoms with Crippen molar-refractivity contribution in [3.8, 4) is 0 Å². The number of benzene rings is 2. The van der Waals surface area contributed by atoms with Crippen LogP contribution in [0.5, 0.6) is 0 Å². The zero-order valence-electron chi connectivity index (χ0n) is 15.8. The minimum Gasteiger partial charge on any atom is -0.329 e. The molecule has 0 aliphatic carbocycles. The van der Waals surface area contributed by atoms with Crippen molar-refractivity contribution in [2.45, 2.75) is 6.42 Å². The summed E-state index contributed by atoms with van der Waals surface area (Å²) in [5.74, 6) is 0.228. The number of anilines is 2. The molecule has 29 heavy (non-hydrogen) atoms. The fraction of sp³-hybridized carbons (Fsp3) is 0.0909. The van der Waals surface area contributed by atoms with Crippen molar-refractivity contribution < 1.29 is 10.0 Å². The van der Waals surface area contributed by atoms with E-state index in [1.54, 1.807) is 24.1 Å². The number of fused-ring (bicyclic) bond motifs is 1. The van der Waals surface area contributed by atoms with Crippen molar-refractivity contribution in [3.63, 3.8) is 0 Å². The molecule has 0 saturated carbocycles. The third-order valence-corrected chi connectivity index (χ3v) is 4.73. The van der Waals surface area contributed by atoms with E-state index >= 15 is 0 Å². The highest BCUT2D eigenvalue weighted by molar-refractivity contribution is 5.91. The van der Waals surface area contributed by atoms with Crippen LogP contribution in [0, 0.1) is 0 Å². The summed E-state index contributed by atoms with van der Waals surface area (Å²) in [6, 6.07) is 19.6. The van der Waals surface area contributed by atoms with Crippen LogP contribution in [0.3, 0.4) is 0 Å². The predicted octanol–water partition coefficient (Wildman–Crippen LogP) is 3.50. The predicted molar refractivity (Wildman–Crippen MR) is 110 cm³/mol. The fourth-order valence-corrected chi connectivity index (χ4v) is 3.17. The molecule has 7 nitrogen and oxygen atoms in total. The fourth-order valence-electron chi connectivity index (χ4n) is 3.17. The molecule has 0 unspecified atom stereocenters. The zero-order chi connectivity index (χ0) is 20.2. The molecule has 0 saturated heterocycles. The molecule has 1 amide bonds. The van der Waals surface area contributed by atoms with E-state index in [0.717, 1.165) is 33.5 Å². The molecule has 0 atom stereocenters. The van der Waals surface area contributed by atoms with Crippen LogP contribution >= 0.6 is 0 Å². The van der Waals surface area contributed by atoms with Gasteiger partial charge in [-0.1, -0.05) is 30.3 Å². The molecule has 0 fully saturated rings. The number of pyridine rings is 1. The van der Waals surface area contributed by atoms with Crippen molar-refractivity contribution in [1.82, 2.24) is 20.4 Å².